The molecule has 7 heteroatoms. The van der Waals surface area contributed by atoms with Crippen LogP contribution in [0.3, 0.4) is 0 Å². The molecule has 0 aliphatic carbocycles. The number of alkyl halides is 1. The molecule has 0 fully saturated rings. The summed E-state index contributed by atoms with van der Waals surface area (Å²) in [6.07, 6.45) is 1.60. The molecule has 1 aromatic heterocycles. The van der Waals surface area contributed by atoms with Crippen molar-refractivity contribution in [2.45, 2.75) is 12.3 Å². The summed E-state index contributed by atoms with van der Waals surface area (Å²) in [4.78, 5) is 29.8. The van der Waals surface area contributed by atoms with Gasteiger partial charge in [-0.1, -0.05) is 30.3 Å². The van der Waals surface area contributed by atoms with Crippen LogP contribution in [0.1, 0.15) is 17.9 Å². The molecule has 2 amide bonds. The fraction of sp³-hybridized carbons (Fsp3) is 0.267. The van der Waals surface area contributed by atoms with Crippen LogP contribution in [0.15, 0.2) is 41.9 Å². The summed E-state index contributed by atoms with van der Waals surface area (Å²) in [6, 6.07) is 9.08. The van der Waals surface area contributed by atoms with Gasteiger partial charge in [0, 0.05) is 18.1 Å². The fourth-order valence-corrected chi connectivity index (χ4v) is 2.72. The summed E-state index contributed by atoms with van der Waals surface area (Å²) < 4.78 is 0. The summed E-state index contributed by atoms with van der Waals surface area (Å²) in [6.45, 7) is 2.16. The molecule has 0 aliphatic heterocycles. The van der Waals surface area contributed by atoms with Crippen molar-refractivity contribution < 1.29 is 9.59 Å². The van der Waals surface area contributed by atoms with Crippen LogP contribution in [0.5, 0.6) is 0 Å². The number of amides is 2. The molecule has 116 valence electrons. The van der Waals surface area contributed by atoms with Crippen LogP contribution in [0, 0.1) is 0 Å². The van der Waals surface area contributed by atoms with Crippen LogP contribution in [-0.4, -0.2) is 34.8 Å². The fourth-order valence-electron chi connectivity index (χ4n) is 1.89. The molecule has 0 aliphatic rings. The molecule has 0 radical (unpaired) electrons. The second-order valence-corrected chi connectivity index (χ2v) is 5.84. The molecule has 0 saturated heterocycles. The number of nitrogens with one attached hydrogen (secondary N) is 1. The number of hydrogen-bond donors (Lipinski definition) is 1. The topological polar surface area (TPSA) is 62.3 Å². The second kappa shape index (κ2) is 7.91. The van der Waals surface area contributed by atoms with Crippen LogP contribution in [0.2, 0.25) is 0 Å². The number of hydrogen-bond acceptors (Lipinski definition) is 4. The molecule has 0 spiro atoms. The lowest BCUT2D eigenvalue weighted by molar-refractivity contribution is -0.134. The molecule has 2 aromatic rings. The maximum atomic E-state index is 12.4. The molecule has 1 N–H and O–H groups in total. The molecule has 22 heavy (non-hydrogen) atoms. The lowest BCUT2D eigenvalue weighted by atomic mass is 10.1. The van der Waals surface area contributed by atoms with Crippen molar-refractivity contribution in [3.8, 4) is 0 Å². The highest BCUT2D eigenvalue weighted by Gasteiger charge is 2.24. The maximum absolute atomic E-state index is 12.4. The first-order chi connectivity index (χ1) is 10.6. The first-order valence-corrected chi connectivity index (χ1v) is 8.10. The summed E-state index contributed by atoms with van der Waals surface area (Å²) in [5.74, 6) is -0.577. The Labute approximate surface area is 137 Å². The highest BCUT2D eigenvalue weighted by atomic mass is 35.5. The third-order valence-electron chi connectivity index (χ3n) is 3.02. The zero-order valence-corrected chi connectivity index (χ0v) is 13.6. The summed E-state index contributed by atoms with van der Waals surface area (Å²) in [7, 11) is 0. The minimum absolute atomic E-state index is 0.0506. The highest BCUT2D eigenvalue weighted by molar-refractivity contribution is 7.13. The molecule has 0 saturated carbocycles. The van der Waals surface area contributed by atoms with Gasteiger partial charge in [0.05, 0.1) is 6.54 Å². The summed E-state index contributed by atoms with van der Waals surface area (Å²) in [5.41, 5.74) is 0.716. The average Bonchev–Trinajstić information content (AvgIpc) is 3.05. The zero-order valence-electron chi connectivity index (χ0n) is 12.0. The Kier molecular flexibility index (Phi) is 5.91. The van der Waals surface area contributed by atoms with Gasteiger partial charge in [0.1, 0.15) is 5.38 Å². The van der Waals surface area contributed by atoms with E-state index in [1.54, 1.807) is 23.7 Å². The van der Waals surface area contributed by atoms with Gasteiger partial charge in [-0.15, -0.1) is 22.9 Å². The van der Waals surface area contributed by atoms with Crippen LogP contribution >= 0.6 is 22.9 Å². The third kappa shape index (κ3) is 4.29. The van der Waals surface area contributed by atoms with Gasteiger partial charge in [-0.05, 0) is 12.5 Å². The Morgan fingerprint density at radius 1 is 1.36 bits per heavy atom. The van der Waals surface area contributed by atoms with Crippen LogP contribution in [0.25, 0.3) is 0 Å². The van der Waals surface area contributed by atoms with Crippen LogP contribution in [-0.2, 0) is 9.59 Å². The number of rotatable bonds is 6. The Balaban J connectivity index is 1.98. The minimum Gasteiger partial charge on any atom is -0.332 e. The summed E-state index contributed by atoms with van der Waals surface area (Å²) in [5, 5.41) is 4.13. The average molecular weight is 338 g/mol. The predicted octanol–water partition coefficient (Wildman–Crippen LogP) is 2.91. The Bertz CT molecular complexity index is 619. The molecule has 1 heterocycles. The molecular formula is C15H16ClN3O2S. The van der Waals surface area contributed by atoms with Crippen molar-refractivity contribution in [1.29, 1.82) is 0 Å². The number of thiazole rings is 1. The van der Waals surface area contributed by atoms with Crippen LogP contribution in [0.4, 0.5) is 5.13 Å². The van der Waals surface area contributed by atoms with Gasteiger partial charge in [-0.2, -0.15) is 0 Å². The number of aromatic nitrogens is 1. The van der Waals surface area contributed by atoms with Gasteiger partial charge in [0.15, 0.2) is 5.13 Å². The number of nitrogens with zero attached hydrogens (tertiary/aromatic N) is 2. The monoisotopic (exact) mass is 337 g/mol. The van der Waals surface area contributed by atoms with E-state index in [-0.39, 0.29) is 18.4 Å². The first-order valence-electron chi connectivity index (χ1n) is 6.79. The standard InChI is InChI=1S/C15H16ClN3O2S/c1-2-19(10-12(20)18-15-17-8-9-22-15)14(21)13(16)11-6-4-3-5-7-11/h3-9,13H,2,10H2,1H3,(H,17,18,20)/t13-/m1/s1. The van der Waals surface area contributed by atoms with Crippen molar-refractivity contribution in [2.24, 2.45) is 0 Å². The first kappa shape index (κ1) is 16.5. The molecule has 1 atom stereocenters. The predicted molar refractivity (Wildman–Crippen MR) is 88.0 cm³/mol. The van der Waals surface area contributed by atoms with Crippen molar-refractivity contribution in [2.75, 3.05) is 18.4 Å². The molecule has 0 bridgehead atoms. The Hall–Kier alpha value is -1.92. The Morgan fingerprint density at radius 2 is 2.09 bits per heavy atom. The lowest BCUT2D eigenvalue weighted by Gasteiger charge is -2.22. The van der Waals surface area contributed by atoms with Crippen molar-refractivity contribution in [3.63, 3.8) is 0 Å². The van der Waals surface area contributed by atoms with E-state index in [1.165, 1.54) is 16.2 Å². The molecular weight excluding hydrogens is 322 g/mol. The molecule has 1 aromatic carbocycles. The minimum atomic E-state index is -0.797. The van der Waals surface area contributed by atoms with E-state index in [2.05, 4.69) is 10.3 Å². The quantitative estimate of drug-likeness (QED) is 0.824. The van der Waals surface area contributed by atoms with E-state index < -0.39 is 5.38 Å². The lowest BCUT2D eigenvalue weighted by Crippen LogP contribution is -2.39. The number of halogens is 1. The van der Waals surface area contributed by atoms with Gasteiger partial charge in [-0.3, -0.25) is 9.59 Å². The summed E-state index contributed by atoms with van der Waals surface area (Å²) >= 11 is 7.55. The van der Waals surface area contributed by atoms with E-state index in [0.717, 1.165) is 0 Å². The van der Waals surface area contributed by atoms with E-state index in [0.29, 0.717) is 17.2 Å². The van der Waals surface area contributed by atoms with E-state index >= 15 is 0 Å². The Morgan fingerprint density at radius 3 is 2.68 bits per heavy atom. The van der Waals surface area contributed by atoms with Crippen molar-refractivity contribution >= 4 is 39.9 Å². The number of benzene rings is 1. The second-order valence-electron chi connectivity index (χ2n) is 4.51. The van der Waals surface area contributed by atoms with Gasteiger partial charge in [-0.25, -0.2) is 4.98 Å². The largest absolute Gasteiger partial charge is 0.332 e. The van der Waals surface area contributed by atoms with E-state index in [4.69, 9.17) is 11.6 Å². The van der Waals surface area contributed by atoms with Crippen molar-refractivity contribution in [3.05, 3.63) is 47.5 Å². The number of anilines is 1. The van der Waals surface area contributed by atoms with Gasteiger partial charge < -0.3 is 10.2 Å². The molecule has 2 rings (SSSR count). The van der Waals surface area contributed by atoms with Gasteiger partial charge in [0.2, 0.25) is 11.8 Å². The number of likely N-dealkylation sites (N-methyl/N-ethyl adjacent to an activating group) is 1. The van der Waals surface area contributed by atoms with Crippen LogP contribution < -0.4 is 5.32 Å². The highest BCUT2D eigenvalue weighted by Crippen LogP contribution is 2.22. The third-order valence-corrected chi connectivity index (χ3v) is 4.14. The number of carbonyl (C=O) groups is 2. The maximum Gasteiger partial charge on any atom is 0.245 e. The number of carbonyl (C=O) groups excluding carboxylic acids is 2. The van der Waals surface area contributed by atoms with E-state index in [1.807, 2.05) is 25.1 Å². The zero-order chi connectivity index (χ0) is 15.9. The van der Waals surface area contributed by atoms with E-state index in [9.17, 15) is 9.59 Å². The molecule has 0 unspecified atom stereocenters. The smallest absolute Gasteiger partial charge is 0.245 e. The van der Waals surface area contributed by atoms with Gasteiger partial charge in [0.25, 0.3) is 0 Å². The normalized spacial score (nSPS) is 11.7. The van der Waals surface area contributed by atoms with Gasteiger partial charge >= 0.3 is 0 Å². The van der Waals surface area contributed by atoms with Crippen molar-refractivity contribution in [1.82, 2.24) is 9.88 Å². The SMILES string of the molecule is CCN(CC(=O)Nc1nccs1)C(=O)[C@H](Cl)c1ccccc1. The molecule has 5 nitrogen and oxygen atoms in total.